The molecule has 1 heterocycles. The summed E-state index contributed by atoms with van der Waals surface area (Å²) < 4.78 is 35.2. The molecule has 5 atom stereocenters. The smallest absolute Gasteiger partial charge is 0.376 e. The summed E-state index contributed by atoms with van der Waals surface area (Å²) in [7, 11) is 0. The van der Waals surface area contributed by atoms with Crippen molar-refractivity contribution in [2.45, 2.75) is 31.8 Å². The normalized spacial score (nSPS) is 41.1. The minimum Gasteiger partial charge on any atom is -0.461 e. The van der Waals surface area contributed by atoms with Crippen molar-refractivity contribution in [2.75, 3.05) is 6.61 Å². The molecule has 3 fully saturated rings. The molecule has 0 aromatic heterocycles. The molecule has 1 saturated heterocycles. The molecule has 3 rings (SSSR count). The van der Waals surface area contributed by atoms with Crippen LogP contribution in [0.3, 0.4) is 0 Å². The number of rotatable bonds is 3. The minimum atomic E-state index is -3.47. The standard InChI is InChI=1S/C12H14F2O4/c1-12(13,14)11(16)17-4-8-5-2-6-7(3-5)10(15)18-9(6)8/h5-9H,2-4H2,1H3. The third kappa shape index (κ3) is 1.61. The summed E-state index contributed by atoms with van der Waals surface area (Å²) >= 11 is 0. The molecule has 6 heteroatoms. The maximum Gasteiger partial charge on any atom is 0.376 e. The van der Waals surface area contributed by atoms with Gasteiger partial charge in [0.05, 0.1) is 12.5 Å². The second kappa shape index (κ2) is 3.65. The van der Waals surface area contributed by atoms with Crippen molar-refractivity contribution in [1.29, 1.82) is 0 Å². The highest BCUT2D eigenvalue weighted by atomic mass is 19.3. The van der Waals surface area contributed by atoms with Crippen LogP contribution in [0.15, 0.2) is 0 Å². The van der Waals surface area contributed by atoms with Gasteiger partial charge in [0, 0.05) is 18.8 Å². The van der Waals surface area contributed by atoms with Gasteiger partial charge < -0.3 is 9.47 Å². The summed E-state index contributed by atoms with van der Waals surface area (Å²) in [5.74, 6) is -4.81. The molecular formula is C12H14F2O4. The summed E-state index contributed by atoms with van der Waals surface area (Å²) in [6, 6.07) is 0. The number of esters is 2. The van der Waals surface area contributed by atoms with Crippen LogP contribution in [0.25, 0.3) is 0 Å². The predicted octanol–water partition coefficient (Wildman–Crippen LogP) is 1.38. The Balaban J connectivity index is 1.63. The lowest BCUT2D eigenvalue weighted by Gasteiger charge is -2.25. The van der Waals surface area contributed by atoms with Crippen LogP contribution in [0.5, 0.6) is 0 Å². The highest BCUT2D eigenvalue weighted by molar-refractivity contribution is 5.77. The van der Waals surface area contributed by atoms with Gasteiger partial charge in [-0.2, -0.15) is 8.78 Å². The van der Waals surface area contributed by atoms with Gasteiger partial charge in [-0.1, -0.05) is 0 Å². The van der Waals surface area contributed by atoms with Gasteiger partial charge in [0.2, 0.25) is 0 Å². The van der Waals surface area contributed by atoms with Gasteiger partial charge in [-0.15, -0.1) is 0 Å². The van der Waals surface area contributed by atoms with Crippen molar-refractivity contribution in [3.8, 4) is 0 Å². The fourth-order valence-electron chi connectivity index (χ4n) is 3.61. The molecule has 0 radical (unpaired) electrons. The van der Waals surface area contributed by atoms with E-state index in [0.717, 1.165) is 12.8 Å². The molecule has 0 spiro atoms. The summed E-state index contributed by atoms with van der Waals surface area (Å²) in [6.07, 6.45) is 1.39. The molecule has 1 aliphatic heterocycles. The van der Waals surface area contributed by atoms with E-state index in [-0.39, 0.29) is 42.4 Å². The largest absolute Gasteiger partial charge is 0.461 e. The summed E-state index contributed by atoms with van der Waals surface area (Å²) in [6.45, 7) is 0.440. The van der Waals surface area contributed by atoms with Gasteiger partial charge in [-0.05, 0) is 18.8 Å². The Bertz CT molecular complexity index is 403. The van der Waals surface area contributed by atoms with Crippen LogP contribution >= 0.6 is 0 Å². The van der Waals surface area contributed by atoms with E-state index in [1.807, 2.05) is 0 Å². The van der Waals surface area contributed by atoms with Crippen LogP contribution in [-0.2, 0) is 19.1 Å². The van der Waals surface area contributed by atoms with Crippen molar-refractivity contribution in [3.63, 3.8) is 0 Å². The molecule has 0 amide bonds. The quantitative estimate of drug-likeness (QED) is 0.719. The Kier molecular flexibility index (Phi) is 2.40. The summed E-state index contributed by atoms with van der Waals surface area (Å²) in [4.78, 5) is 22.5. The van der Waals surface area contributed by atoms with Crippen molar-refractivity contribution >= 4 is 11.9 Å². The van der Waals surface area contributed by atoms with E-state index in [2.05, 4.69) is 4.74 Å². The number of alkyl halides is 2. The first-order chi connectivity index (χ1) is 8.38. The fourth-order valence-corrected chi connectivity index (χ4v) is 3.61. The molecule has 2 aliphatic carbocycles. The number of halogens is 2. The van der Waals surface area contributed by atoms with Crippen LogP contribution in [-0.4, -0.2) is 30.6 Å². The fraction of sp³-hybridized carbons (Fsp3) is 0.833. The number of hydrogen-bond acceptors (Lipinski definition) is 4. The zero-order valence-corrected chi connectivity index (χ0v) is 9.90. The lowest BCUT2D eigenvalue weighted by atomic mass is 9.83. The van der Waals surface area contributed by atoms with Gasteiger partial charge in [-0.3, -0.25) is 4.79 Å². The maximum absolute atomic E-state index is 12.7. The molecule has 0 N–H and O–H groups in total. The first-order valence-electron chi connectivity index (χ1n) is 6.13. The van der Waals surface area contributed by atoms with E-state index in [0.29, 0.717) is 6.92 Å². The maximum atomic E-state index is 12.7. The van der Waals surface area contributed by atoms with Crippen molar-refractivity contribution < 1.29 is 27.8 Å². The van der Waals surface area contributed by atoms with E-state index >= 15 is 0 Å². The number of ether oxygens (including phenoxy) is 2. The number of carbonyl (C=O) groups excluding carboxylic acids is 2. The Hall–Kier alpha value is -1.20. The minimum absolute atomic E-state index is 0.0143. The average Bonchev–Trinajstić information content (AvgIpc) is 2.86. The number of fused-ring (bicyclic) bond motifs is 1. The lowest BCUT2D eigenvalue weighted by molar-refractivity contribution is -0.172. The Morgan fingerprint density at radius 1 is 1.50 bits per heavy atom. The van der Waals surface area contributed by atoms with Crippen LogP contribution in [0, 0.1) is 23.7 Å². The van der Waals surface area contributed by atoms with E-state index in [1.165, 1.54) is 0 Å². The average molecular weight is 260 g/mol. The second-order valence-corrected chi connectivity index (χ2v) is 5.55. The number of hydrogen-bond donors (Lipinski definition) is 0. The van der Waals surface area contributed by atoms with E-state index < -0.39 is 11.9 Å². The van der Waals surface area contributed by atoms with Gasteiger partial charge in [0.25, 0.3) is 0 Å². The molecule has 0 aromatic carbocycles. The summed E-state index contributed by atoms with van der Waals surface area (Å²) in [5.41, 5.74) is 0. The van der Waals surface area contributed by atoms with Gasteiger partial charge in [0.1, 0.15) is 6.10 Å². The molecule has 4 nitrogen and oxygen atoms in total. The number of carbonyl (C=O) groups is 2. The molecule has 100 valence electrons. The molecular weight excluding hydrogens is 246 g/mol. The molecule has 2 bridgehead atoms. The molecule has 3 aliphatic rings. The van der Waals surface area contributed by atoms with Crippen molar-refractivity contribution in [2.24, 2.45) is 23.7 Å². The van der Waals surface area contributed by atoms with Gasteiger partial charge >= 0.3 is 17.9 Å². The first-order valence-corrected chi connectivity index (χ1v) is 6.13. The Morgan fingerprint density at radius 3 is 2.89 bits per heavy atom. The van der Waals surface area contributed by atoms with Gasteiger partial charge in [-0.25, -0.2) is 4.79 Å². The van der Waals surface area contributed by atoms with E-state index in [9.17, 15) is 18.4 Å². The van der Waals surface area contributed by atoms with Crippen molar-refractivity contribution in [1.82, 2.24) is 0 Å². The monoisotopic (exact) mass is 260 g/mol. The third-order valence-corrected chi connectivity index (χ3v) is 4.42. The molecule has 18 heavy (non-hydrogen) atoms. The van der Waals surface area contributed by atoms with E-state index in [1.54, 1.807) is 0 Å². The zero-order valence-electron chi connectivity index (χ0n) is 9.90. The van der Waals surface area contributed by atoms with Crippen LogP contribution in [0.1, 0.15) is 19.8 Å². The van der Waals surface area contributed by atoms with E-state index in [4.69, 9.17) is 4.74 Å². The molecule has 5 unspecified atom stereocenters. The second-order valence-electron chi connectivity index (χ2n) is 5.55. The predicted molar refractivity (Wildman–Crippen MR) is 54.7 cm³/mol. The molecule has 2 saturated carbocycles. The molecule has 0 aromatic rings. The van der Waals surface area contributed by atoms with Crippen LogP contribution in [0.2, 0.25) is 0 Å². The Labute approximate surface area is 103 Å². The highest BCUT2D eigenvalue weighted by Gasteiger charge is 2.61. The van der Waals surface area contributed by atoms with Crippen molar-refractivity contribution in [3.05, 3.63) is 0 Å². The van der Waals surface area contributed by atoms with Gasteiger partial charge in [0.15, 0.2) is 0 Å². The lowest BCUT2D eigenvalue weighted by Crippen LogP contribution is -2.34. The third-order valence-electron chi connectivity index (χ3n) is 4.42. The SMILES string of the molecule is CC(F)(F)C(=O)OCC1C2CC3C(=O)OC1C3C2. The highest BCUT2D eigenvalue weighted by Crippen LogP contribution is 2.57. The topological polar surface area (TPSA) is 52.6 Å². The first kappa shape index (κ1) is 11.9. The Morgan fingerprint density at radius 2 is 2.22 bits per heavy atom. The zero-order chi connectivity index (χ0) is 13.1. The summed E-state index contributed by atoms with van der Waals surface area (Å²) in [5, 5.41) is 0. The van der Waals surface area contributed by atoms with Crippen LogP contribution in [0.4, 0.5) is 8.78 Å². The van der Waals surface area contributed by atoms with Crippen LogP contribution < -0.4 is 0 Å².